The number of aryl methyl sites for hydroxylation is 2. The second-order valence-electron chi connectivity index (χ2n) is 9.16. The summed E-state index contributed by atoms with van der Waals surface area (Å²) in [4.78, 5) is 24.7. The van der Waals surface area contributed by atoms with Crippen LogP contribution in [0.2, 0.25) is 0 Å². The van der Waals surface area contributed by atoms with E-state index in [4.69, 9.17) is 9.47 Å². The minimum atomic E-state index is -4.19. The predicted octanol–water partition coefficient (Wildman–Crippen LogP) is 4.49. The van der Waals surface area contributed by atoms with Crippen molar-refractivity contribution in [3.05, 3.63) is 83.9 Å². The lowest BCUT2D eigenvalue weighted by Gasteiger charge is -2.12. The fraction of sp³-hybridized carbons (Fsp3) is 0.143. The molecule has 4 aromatic rings. The lowest BCUT2D eigenvalue weighted by molar-refractivity contribution is 0.255. The quantitative estimate of drug-likeness (QED) is 0.226. The van der Waals surface area contributed by atoms with Crippen molar-refractivity contribution in [3.8, 4) is 11.5 Å². The first kappa shape index (κ1) is 30.1. The van der Waals surface area contributed by atoms with Gasteiger partial charge in [-0.3, -0.25) is 0 Å². The topological polar surface area (TPSA) is 169 Å². The number of carbonyl (C=O) groups excluding carboxylic acids is 2. The van der Waals surface area contributed by atoms with Crippen LogP contribution in [0.25, 0.3) is 10.8 Å². The van der Waals surface area contributed by atoms with Crippen LogP contribution in [0.4, 0.5) is 21.0 Å². The molecule has 220 valence electrons. The van der Waals surface area contributed by atoms with Gasteiger partial charge in [-0.05, 0) is 72.1 Å². The Morgan fingerprint density at radius 2 is 0.976 bits per heavy atom. The summed E-state index contributed by atoms with van der Waals surface area (Å²) in [7, 11) is -5.54. The van der Waals surface area contributed by atoms with Crippen molar-refractivity contribution in [2.75, 3.05) is 24.9 Å². The molecule has 0 atom stereocenters. The van der Waals surface area contributed by atoms with Crippen molar-refractivity contribution < 1.29 is 35.9 Å². The predicted molar refractivity (Wildman–Crippen MR) is 158 cm³/mol. The number of rotatable bonds is 8. The van der Waals surface area contributed by atoms with E-state index in [0.717, 1.165) is 16.5 Å². The summed E-state index contributed by atoms with van der Waals surface area (Å²) >= 11 is 0. The number of methoxy groups -OCH3 is 2. The van der Waals surface area contributed by atoms with Gasteiger partial charge in [0.15, 0.2) is 0 Å². The molecule has 12 nitrogen and oxygen atoms in total. The zero-order valence-corrected chi connectivity index (χ0v) is 24.6. The lowest BCUT2D eigenvalue weighted by Crippen LogP contribution is -2.34. The fourth-order valence-corrected chi connectivity index (χ4v) is 5.86. The zero-order valence-electron chi connectivity index (χ0n) is 23.0. The molecular formula is C28H28N4O8S2. The van der Waals surface area contributed by atoms with Gasteiger partial charge in [-0.15, -0.1) is 0 Å². The highest BCUT2D eigenvalue weighted by molar-refractivity contribution is 7.90. The first-order valence-corrected chi connectivity index (χ1v) is 15.3. The van der Waals surface area contributed by atoms with Crippen LogP contribution in [-0.2, 0) is 20.0 Å². The molecule has 42 heavy (non-hydrogen) atoms. The van der Waals surface area contributed by atoms with Crippen molar-refractivity contribution in [2.45, 2.75) is 23.6 Å². The van der Waals surface area contributed by atoms with Gasteiger partial charge in [0.2, 0.25) is 0 Å². The van der Waals surface area contributed by atoms with E-state index < -0.39 is 32.1 Å². The van der Waals surface area contributed by atoms with Crippen LogP contribution in [0, 0.1) is 13.8 Å². The Kier molecular flexibility index (Phi) is 8.59. The van der Waals surface area contributed by atoms with Gasteiger partial charge in [-0.1, -0.05) is 24.3 Å². The summed E-state index contributed by atoms with van der Waals surface area (Å²) in [6.07, 6.45) is 0. The Morgan fingerprint density at radius 1 is 0.571 bits per heavy atom. The molecule has 0 aliphatic carbocycles. The van der Waals surface area contributed by atoms with Crippen LogP contribution in [0.5, 0.6) is 11.5 Å². The first-order chi connectivity index (χ1) is 19.8. The van der Waals surface area contributed by atoms with Gasteiger partial charge in [0.25, 0.3) is 20.0 Å². The summed E-state index contributed by atoms with van der Waals surface area (Å²) < 4.78 is 65.0. The maximum absolute atomic E-state index is 12.7. The smallest absolute Gasteiger partial charge is 0.333 e. The molecule has 0 heterocycles. The summed E-state index contributed by atoms with van der Waals surface area (Å²) in [6, 6.07) is 16.1. The van der Waals surface area contributed by atoms with Crippen LogP contribution in [0.1, 0.15) is 11.1 Å². The molecule has 0 aliphatic rings. The Bertz CT molecular complexity index is 1770. The number of sulfonamides is 2. The number of hydrogen-bond donors (Lipinski definition) is 4. The van der Waals surface area contributed by atoms with Gasteiger partial charge in [0.05, 0.1) is 24.0 Å². The van der Waals surface area contributed by atoms with Crippen molar-refractivity contribution in [3.63, 3.8) is 0 Å². The Hall–Kier alpha value is -4.82. The van der Waals surface area contributed by atoms with E-state index in [0.29, 0.717) is 16.9 Å². The Morgan fingerprint density at radius 3 is 1.36 bits per heavy atom. The number of hydrogen-bond acceptors (Lipinski definition) is 8. The number of fused-ring (bicyclic) bond motifs is 1. The number of anilines is 2. The maximum Gasteiger partial charge on any atom is 0.333 e. The largest absolute Gasteiger partial charge is 0.496 e. The van der Waals surface area contributed by atoms with Crippen LogP contribution >= 0.6 is 0 Å². The molecule has 4 N–H and O–H groups in total. The van der Waals surface area contributed by atoms with E-state index in [2.05, 4.69) is 10.6 Å². The molecular weight excluding hydrogens is 584 g/mol. The molecule has 4 amide bonds. The van der Waals surface area contributed by atoms with E-state index in [9.17, 15) is 26.4 Å². The lowest BCUT2D eigenvalue weighted by atomic mass is 10.1. The Labute approximate surface area is 243 Å². The molecule has 0 spiro atoms. The summed E-state index contributed by atoms with van der Waals surface area (Å²) in [5.74, 6) is 0.720. The second kappa shape index (κ2) is 12.0. The van der Waals surface area contributed by atoms with Crippen molar-refractivity contribution in [1.82, 2.24) is 9.44 Å². The maximum atomic E-state index is 12.7. The normalized spacial score (nSPS) is 11.4. The average Bonchev–Trinajstić information content (AvgIpc) is 2.92. The first-order valence-electron chi connectivity index (χ1n) is 12.3. The third kappa shape index (κ3) is 6.90. The monoisotopic (exact) mass is 612 g/mol. The highest BCUT2D eigenvalue weighted by Crippen LogP contribution is 2.25. The molecule has 0 saturated heterocycles. The van der Waals surface area contributed by atoms with E-state index >= 15 is 0 Å². The average molecular weight is 613 g/mol. The summed E-state index contributed by atoms with van der Waals surface area (Å²) in [5, 5.41) is 6.26. The molecule has 0 fully saturated rings. The van der Waals surface area contributed by atoms with Crippen LogP contribution in [0.3, 0.4) is 0 Å². The molecule has 0 bridgehead atoms. The minimum absolute atomic E-state index is 0.142. The summed E-state index contributed by atoms with van der Waals surface area (Å²) in [5.41, 5.74) is 2.01. The van der Waals surface area contributed by atoms with Crippen molar-refractivity contribution >= 4 is 54.3 Å². The standard InChI is InChI=1S/C28H28N4O8S2/c1-17-5-11-23(15-25(17)39-3)41(35,36)31-27(33)29-21-9-7-19-8-10-22(14-20(19)13-21)30-28(34)32-42(37,38)24-12-6-18(2)26(16-24)40-4/h5-16H,1-4H3,(H2,29,31,33)(H2,30,32,34). The molecule has 0 unspecified atom stereocenters. The van der Waals surface area contributed by atoms with Crippen molar-refractivity contribution in [2.24, 2.45) is 0 Å². The van der Waals surface area contributed by atoms with Gasteiger partial charge in [-0.25, -0.2) is 35.9 Å². The number of amides is 4. The highest BCUT2D eigenvalue weighted by Gasteiger charge is 2.21. The van der Waals surface area contributed by atoms with E-state index in [1.54, 1.807) is 62.4 Å². The molecule has 14 heteroatoms. The number of nitrogens with one attached hydrogen (secondary N) is 4. The fourth-order valence-electron chi connectivity index (χ4n) is 4.01. The molecule has 0 aliphatic heterocycles. The van der Waals surface area contributed by atoms with Crippen molar-refractivity contribution in [1.29, 1.82) is 0 Å². The highest BCUT2D eigenvalue weighted by atomic mass is 32.2. The van der Waals surface area contributed by atoms with Crippen LogP contribution in [-0.4, -0.2) is 43.1 Å². The SMILES string of the molecule is COc1cc(S(=O)(=O)NC(=O)Nc2ccc3ccc(NC(=O)NS(=O)(=O)c4ccc(C)c(OC)c4)cc3c2)ccc1C. The molecule has 0 aromatic heterocycles. The molecule has 4 aromatic carbocycles. The van der Waals surface area contributed by atoms with Gasteiger partial charge in [0.1, 0.15) is 11.5 Å². The number of benzene rings is 4. The van der Waals surface area contributed by atoms with Gasteiger partial charge < -0.3 is 20.1 Å². The van der Waals surface area contributed by atoms with E-state index in [1.807, 2.05) is 9.44 Å². The second-order valence-corrected chi connectivity index (χ2v) is 12.5. The third-order valence-corrected chi connectivity index (χ3v) is 8.85. The summed E-state index contributed by atoms with van der Waals surface area (Å²) in [6.45, 7) is 3.51. The van der Waals surface area contributed by atoms with Gasteiger partial charge in [-0.2, -0.15) is 0 Å². The Balaban J connectivity index is 1.45. The number of urea groups is 2. The van der Waals surface area contributed by atoms with Crippen LogP contribution in [0.15, 0.2) is 82.6 Å². The number of ether oxygens (including phenoxy) is 2. The number of carbonyl (C=O) groups is 2. The van der Waals surface area contributed by atoms with Gasteiger partial charge in [0, 0.05) is 23.5 Å². The van der Waals surface area contributed by atoms with Crippen LogP contribution < -0.4 is 29.6 Å². The molecule has 0 radical (unpaired) electrons. The minimum Gasteiger partial charge on any atom is -0.496 e. The van der Waals surface area contributed by atoms with Gasteiger partial charge >= 0.3 is 12.1 Å². The molecule has 4 rings (SSSR count). The molecule has 0 saturated carbocycles. The van der Waals surface area contributed by atoms with E-state index in [-0.39, 0.29) is 21.2 Å². The van der Waals surface area contributed by atoms with E-state index in [1.165, 1.54) is 38.5 Å². The third-order valence-electron chi connectivity index (χ3n) is 6.19. The zero-order chi connectivity index (χ0) is 30.7.